The number of rotatable bonds is 3. The van der Waals surface area contributed by atoms with Crippen LogP contribution in [0.3, 0.4) is 0 Å². The van der Waals surface area contributed by atoms with Gasteiger partial charge in [0.25, 0.3) is 0 Å². The van der Waals surface area contributed by atoms with Crippen LogP contribution in [0.4, 0.5) is 10.8 Å². The zero-order chi connectivity index (χ0) is 13.3. The van der Waals surface area contributed by atoms with E-state index in [0.29, 0.717) is 6.54 Å². The minimum Gasteiger partial charge on any atom is -0.399 e. The summed E-state index contributed by atoms with van der Waals surface area (Å²) in [6.07, 6.45) is 0. The maximum atomic E-state index is 6.17. The van der Waals surface area contributed by atoms with E-state index < -0.39 is 0 Å². The Morgan fingerprint density at radius 1 is 1.39 bits per heavy atom. The van der Waals surface area contributed by atoms with Crippen LogP contribution in [0.1, 0.15) is 16.1 Å². The first-order valence-corrected chi connectivity index (χ1v) is 6.86. The van der Waals surface area contributed by atoms with Crippen LogP contribution >= 0.6 is 22.9 Å². The van der Waals surface area contributed by atoms with Gasteiger partial charge in [0, 0.05) is 29.2 Å². The highest BCUT2D eigenvalue weighted by Crippen LogP contribution is 2.27. The van der Waals surface area contributed by atoms with E-state index in [0.717, 1.165) is 27.1 Å². The number of halogens is 1. The Kier molecular flexibility index (Phi) is 3.78. The molecule has 2 aromatic rings. The topological polar surface area (TPSA) is 42.2 Å². The van der Waals surface area contributed by atoms with Crippen molar-refractivity contribution < 1.29 is 0 Å². The van der Waals surface area contributed by atoms with Gasteiger partial charge in [-0.3, -0.25) is 0 Å². The van der Waals surface area contributed by atoms with Crippen molar-refractivity contribution in [3.63, 3.8) is 0 Å². The van der Waals surface area contributed by atoms with Gasteiger partial charge in [-0.15, -0.1) is 11.3 Å². The first-order valence-electron chi connectivity index (χ1n) is 5.66. The molecule has 0 amide bonds. The number of aryl methyl sites for hydroxylation is 2. The molecule has 3 nitrogen and oxygen atoms in total. The lowest BCUT2D eigenvalue weighted by Gasteiger charge is -2.17. The number of benzene rings is 1. The minimum absolute atomic E-state index is 0.705. The van der Waals surface area contributed by atoms with Gasteiger partial charge in [-0.25, -0.2) is 4.98 Å². The Hall–Kier alpha value is -1.26. The molecule has 0 unspecified atom stereocenters. The van der Waals surface area contributed by atoms with E-state index in [1.165, 1.54) is 4.88 Å². The van der Waals surface area contributed by atoms with E-state index in [-0.39, 0.29) is 0 Å². The highest BCUT2D eigenvalue weighted by atomic mass is 35.5. The molecule has 1 aromatic heterocycles. The van der Waals surface area contributed by atoms with E-state index >= 15 is 0 Å². The van der Waals surface area contributed by atoms with Gasteiger partial charge in [0.05, 0.1) is 5.69 Å². The molecule has 96 valence electrons. The summed E-state index contributed by atoms with van der Waals surface area (Å²) < 4.78 is 0. The highest BCUT2D eigenvalue weighted by molar-refractivity contribution is 7.15. The zero-order valence-electron chi connectivity index (χ0n) is 10.7. The lowest BCUT2D eigenvalue weighted by atomic mass is 10.2. The SMILES string of the molecule is Cc1nc(N(C)Cc2cc(N)ccc2Cl)sc1C. The van der Waals surface area contributed by atoms with Crippen molar-refractivity contribution in [2.45, 2.75) is 20.4 Å². The number of nitrogens with zero attached hydrogens (tertiary/aromatic N) is 2. The van der Waals surface area contributed by atoms with Crippen LogP contribution in [0, 0.1) is 13.8 Å². The first-order chi connectivity index (χ1) is 8.47. The number of thiazole rings is 1. The third kappa shape index (κ3) is 2.76. The maximum Gasteiger partial charge on any atom is 0.185 e. The largest absolute Gasteiger partial charge is 0.399 e. The lowest BCUT2D eigenvalue weighted by Crippen LogP contribution is -2.16. The number of hydrogen-bond donors (Lipinski definition) is 1. The molecule has 0 bridgehead atoms. The molecule has 0 saturated heterocycles. The Balaban J connectivity index is 2.20. The van der Waals surface area contributed by atoms with E-state index in [1.807, 2.05) is 32.2 Å². The molecule has 1 aromatic carbocycles. The Labute approximate surface area is 116 Å². The smallest absolute Gasteiger partial charge is 0.185 e. The molecule has 0 aliphatic heterocycles. The molecule has 0 spiro atoms. The molecule has 1 heterocycles. The summed E-state index contributed by atoms with van der Waals surface area (Å²) in [4.78, 5) is 7.86. The van der Waals surface area contributed by atoms with Crippen LogP contribution in [0.25, 0.3) is 0 Å². The zero-order valence-corrected chi connectivity index (χ0v) is 12.3. The van der Waals surface area contributed by atoms with Crippen LogP contribution in [-0.4, -0.2) is 12.0 Å². The van der Waals surface area contributed by atoms with Gasteiger partial charge in [-0.05, 0) is 37.6 Å². The van der Waals surface area contributed by atoms with Gasteiger partial charge >= 0.3 is 0 Å². The quantitative estimate of drug-likeness (QED) is 0.874. The predicted octanol–water partition coefficient (Wildman–Crippen LogP) is 3.63. The van der Waals surface area contributed by atoms with Gasteiger partial charge in [0.2, 0.25) is 0 Å². The highest BCUT2D eigenvalue weighted by Gasteiger charge is 2.10. The van der Waals surface area contributed by atoms with Crippen molar-refractivity contribution in [2.24, 2.45) is 0 Å². The summed E-state index contributed by atoms with van der Waals surface area (Å²) >= 11 is 7.86. The average molecular weight is 282 g/mol. The van der Waals surface area contributed by atoms with Crippen molar-refractivity contribution in [3.8, 4) is 0 Å². The lowest BCUT2D eigenvalue weighted by molar-refractivity contribution is 0.911. The Morgan fingerprint density at radius 2 is 2.11 bits per heavy atom. The Bertz CT molecular complexity index is 546. The number of hydrogen-bond acceptors (Lipinski definition) is 4. The molecule has 5 heteroatoms. The third-order valence-electron chi connectivity index (χ3n) is 2.82. The van der Waals surface area contributed by atoms with Crippen LogP contribution in [0.5, 0.6) is 0 Å². The van der Waals surface area contributed by atoms with Crippen molar-refractivity contribution in [3.05, 3.63) is 39.4 Å². The Morgan fingerprint density at radius 3 is 2.72 bits per heavy atom. The van der Waals surface area contributed by atoms with Crippen molar-refractivity contribution in [1.82, 2.24) is 4.98 Å². The molecule has 2 rings (SSSR count). The molecule has 0 radical (unpaired) electrons. The van der Waals surface area contributed by atoms with Crippen molar-refractivity contribution in [1.29, 1.82) is 0 Å². The summed E-state index contributed by atoms with van der Waals surface area (Å²) in [5, 5.41) is 1.74. The molecule has 18 heavy (non-hydrogen) atoms. The predicted molar refractivity (Wildman–Crippen MR) is 79.6 cm³/mol. The fourth-order valence-corrected chi connectivity index (χ4v) is 2.71. The normalized spacial score (nSPS) is 10.7. The molecule has 0 saturated carbocycles. The molecule has 2 N–H and O–H groups in total. The monoisotopic (exact) mass is 281 g/mol. The average Bonchev–Trinajstić information content (AvgIpc) is 2.64. The summed E-state index contributed by atoms with van der Waals surface area (Å²) in [7, 11) is 2.01. The van der Waals surface area contributed by atoms with Gasteiger partial charge in [-0.1, -0.05) is 11.6 Å². The fourth-order valence-electron chi connectivity index (χ4n) is 1.66. The van der Waals surface area contributed by atoms with Gasteiger partial charge in [0.15, 0.2) is 5.13 Å². The van der Waals surface area contributed by atoms with Crippen LogP contribution in [0.2, 0.25) is 5.02 Å². The second-order valence-electron chi connectivity index (χ2n) is 4.34. The fraction of sp³-hybridized carbons (Fsp3) is 0.308. The van der Waals surface area contributed by atoms with Gasteiger partial charge < -0.3 is 10.6 Å². The molecule has 0 atom stereocenters. The third-order valence-corrected chi connectivity index (χ3v) is 4.38. The standard InChI is InChI=1S/C13H16ClN3S/c1-8-9(2)18-13(16-8)17(3)7-10-6-11(15)4-5-12(10)14/h4-6H,7,15H2,1-3H3. The summed E-state index contributed by atoms with van der Waals surface area (Å²) in [5.74, 6) is 0. The van der Waals surface area contributed by atoms with E-state index in [1.54, 1.807) is 11.3 Å². The number of nitrogens with two attached hydrogens (primary N) is 1. The van der Waals surface area contributed by atoms with E-state index in [4.69, 9.17) is 17.3 Å². The van der Waals surface area contributed by atoms with Crippen LogP contribution < -0.4 is 10.6 Å². The number of nitrogen functional groups attached to an aromatic ring is 1. The molecular formula is C13H16ClN3S. The number of anilines is 2. The first kappa shape index (κ1) is 13.2. The van der Waals surface area contributed by atoms with Crippen molar-refractivity contribution >= 4 is 33.8 Å². The molecule has 0 aliphatic carbocycles. The van der Waals surface area contributed by atoms with Crippen LogP contribution in [-0.2, 0) is 6.54 Å². The van der Waals surface area contributed by atoms with E-state index in [9.17, 15) is 0 Å². The molecule has 0 fully saturated rings. The molecular weight excluding hydrogens is 266 g/mol. The summed E-state index contributed by atoms with van der Waals surface area (Å²) in [6.45, 7) is 4.81. The minimum atomic E-state index is 0.705. The maximum absolute atomic E-state index is 6.17. The van der Waals surface area contributed by atoms with Gasteiger partial charge in [0.1, 0.15) is 0 Å². The molecule has 0 aliphatic rings. The summed E-state index contributed by atoms with van der Waals surface area (Å²) in [5.41, 5.74) is 8.61. The second kappa shape index (κ2) is 5.16. The summed E-state index contributed by atoms with van der Waals surface area (Å²) in [6, 6.07) is 5.55. The van der Waals surface area contributed by atoms with Crippen molar-refractivity contribution in [2.75, 3.05) is 17.7 Å². The van der Waals surface area contributed by atoms with E-state index in [2.05, 4.69) is 16.8 Å². The number of aromatic nitrogens is 1. The van der Waals surface area contributed by atoms with Crippen LogP contribution in [0.15, 0.2) is 18.2 Å². The second-order valence-corrected chi connectivity index (χ2v) is 5.93. The van der Waals surface area contributed by atoms with Gasteiger partial charge in [-0.2, -0.15) is 0 Å².